The van der Waals surface area contributed by atoms with Crippen molar-refractivity contribution in [1.82, 2.24) is 9.29 Å². The van der Waals surface area contributed by atoms with E-state index in [1.54, 1.807) is 24.5 Å². The third-order valence-electron chi connectivity index (χ3n) is 2.92. The summed E-state index contributed by atoms with van der Waals surface area (Å²) in [4.78, 5) is 3.89. The van der Waals surface area contributed by atoms with Gasteiger partial charge in [0.25, 0.3) is 0 Å². The number of hydrogen-bond acceptors (Lipinski definition) is 4. The molecule has 0 radical (unpaired) electrons. The fraction of sp³-hybridized carbons (Fsp3) is 0.154. The Hall–Kier alpha value is -1.34. The summed E-state index contributed by atoms with van der Waals surface area (Å²) in [6, 6.07) is 6.08. The van der Waals surface area contributed by atoms with Crippen LogP contribution < -0.4 is 5.73 Å². The minimum atomic E-state index is -3.71. The third-order valence-corrected chi connectivity index (χ3v) is 5.32. The van der Waals surface area contributed by atoms with Gasteiger partial charge in [0.2, 0.25) is 10.0 Å². The second-order valence-electron chi connectivity index (χ2n) is 4.42. The summed E-state index contributed by atoms with van der Waals surface area (Å²) in [6.07, 6.45) is 3.21. The molecule has 0 bridgehead atoms. The Kier molecular flexibility index (Phi) is 4.73. The molecule has 8 heteroatoms. The summed E-state index contributed by atoms with van der Waals surface area (Å²) in [6.45, 7) is 0.213. The molecule has 1 aromatic carbocycles. The van der Waals surface area contributed by atoms with Gasteiger partial charge in [-0.25, -0.2) is 8.42 Å². The van der Waals surface area contributed by atoms with E-state index >= 15 is 0 Å². The van der Waals surface area contributed by atoms with Crippen LogP contribution in [-0.2, 0) is 16.6 Å². The molecule has 0 saturated heterocycles. The number of hydrogen-bond donors (Lipinski definition) is 1. The van der Waals surface area contributed by atoms with Crippen LogP contribution >= 0.6 is 23.2 Å². The highest BCUT2D eigenvalue weighted by Crippen LogP contribution is 2.31. The van der Waals surface area contributed by atoms with Gasteiger partial charge in [0.1, 0.15) is 0 Å². The molecule has 1 heterocycles. The quantitative estimate of drug-likeness (QED) is 0.864. The van der Waals surface area contributed by atoms with E-state index in [0.717, 1.165) is 5.56 Å². The molecule has 0 spiro atoms. The van der Waals surface area contributed by atoms with Gasteiger partial charge in [-0.1, -0.05) is 23.2 Å². The highest BCUT2D eigenvalue weighted by molar-refractivity contribution is 7.89. The fourth-order valence-electron chi connectivity index (χ4n) is 1.72. The predicted octanol–water partition coefficient (Wildman–Crippen LogP) is 2.79. The number of aromatic nitrogens is 1. The zero-order valence-electron chi connectivity index (χ0n) is 11.1. The summed E-state index contributed by atoms with van der Waals surface area (Å²) < 4.78 is 26.2. The molecule has 0 fully saturated rings. The van der Waals surface area contributed by atoms with Crippen LogP contribution in [0.2, 0.25) is 10.0 Å². The molecule has 0 saturated carbocycles. The number of sulfonamides is 1. The fourth-order valence-corrected chi connectivity index (χ4v) is 3.55. The highest BCUT2D eigenvalue weighted by Gasteiger charge is 2.23. The first-order valence-electron chi connectivity index (χ1n) is 5.92. The van der Waals surface area contributed by atoms with E-state index in [9.17, 15) is 8.42 Å². The van der Waals surface area contributed by atoms with Gasteiger partial charge in [0.05, 0.1) is 20.6 Å². The molecule has 112 valence electrons. The Morgan fingerprint density at radius 2 is 1.71 bits per heavy atom. The van der Waals surface area contributed by atoms with Crippen molar-refractivity contribution in [3.63, 3.8) is 0 Å². The summed E-state index contributed by atoms with van der Waals surface area (Å²) in [5.41, 5.74) is 6.60. The predicted molar refractivity (Wildman–Crippen MR) is 83.8 cm³/mol. The Morgan fingerprint density at radius 1 is 1.19 bits per heavy atom. The second kappa shape index (κ2) is 6.19. The Morgan fingerprint density at radius 3 is 2.24 bits per heavy atom. The molecule has 5 nitrogen and oxygen atoms in total. The van der Waals surface area contributed by atoms with Crippen LogP contribution in [0.15, 0.2) is 41.6 Å². The van der Waals surface area contributed by atoms with Crippen molar-refractivity contribution in [3.05, 3.63) is 52.3 Å². The maximum Gasteiger partial charge on any atom is 0.243 e. The standard InChI is InChI=1S/C13H13Cl2N3O2S/c1-18(8-9-2-4-17-5-3-9)21(19,20)10-6-11(14)13(16)12(15)7-10/h2-7H,8,16H2,1H3. The zero-order chi connectivity index (χ0) is 15.6. The smallest absolute Gasteiger partial charge is 0.243 e. The molecule has 0 amide bonds. The average molecular weight is 346 g/mol. The topological polar surface area (TPSA) is 76.3 Å². The Balaban J connectivity index is 2.33. The minimum absolute atomic E-state index is 0.00301. The van der Waals surface area contributed by atoms with E-state index in [1.807, 2.05) is 0 Å². The number of rotatable bonds is 4. The first-order valence-corrected chi connectivity index (χ1v) is 8.11. The van der Waals surface area contributed by atoms with Gasteiger partial charge < -0.3 is 5.73 Å². The van der Waals surface area contributed by atoms with Crippen LogP contribution in [-0.4, -0.2) is 24.8 Å². The lowest BCUT2D eigenvalue weighted by Crippen LogP contribution is -2.26. The average Bonchev–Trinajstić information content (AvgIpc) is 2.45. The number of benzene rings is 1. The van der Waals surface area contributed by atoms with Crippen LogP contribution in [0.5, 0.6) is 0 Å². The molecule has 2 aromatic rings. The number of pyridine rings is 1. The molecule has 0 aliphatic carbocycles. The molecule has 0 unspecified atom stereocenters. The van der Waals surface area contributed by atoms with Crippen molar-refractivity contribution in [2.75, 3.05) is 12.8 Å². The molecule has 0 aliphatic rings. The van der Waals surface area contributed by atoms with Gasteiger partial charge in [-0.15, -0.1) is 0 Å². The Labute approximate surface area is 133 Å². The van der Waals surface area contributed by atoms with Crippen molar-refractivity contribution in [2.24, 2.45) is 0 Å². The van der Waals surface area contributed by atoms with Crippen molar-refractivity contribution < 1.29 is 8.42 Å². The number of nitrogen functional groups attached to an aromatic ring is 1. The lowest BCUT2D eigenvalue weighted by molar-refractivity contribution is 0.466. The van der Waals surface area contributed by atoms with E-state index in [1.165, 1.54) is 23.5 Å². The van der Waals surface area contributed by atoms with Crippen molar-refractivity contribution in [1.29, 1.82) is 0 Å². The molecule has 2 N–H and O–H groups in total. The van der Waals surface area contributed by atoms with Crippen molar-refractivity contribution in [2.45, 2.75) is 11.4 Å². The number of nitrogens with zero attached hydrogens (tertiary/aromatic N) is 2. The van der Waals surface area contributed by atoms with Gasteiger partial charge in [-0.05, 0) is 29.8 Å². The number of anilines is 1. The van der Waals surface area contributed by atoms with Crippen molar-refractivity contribution in [3.8, 4) is 0 Å². The lowest BCUT2D eigenvalue weighted by atomic mass is 10.3. The summed E-state index contributed by atoms with van der Waals surface area (Å²) in [5.74, 6) is 0. The van der Waals surface area contributed by atoms with Crippen LogP contribution in [0.1, 0.15) is 5.56 Å². The minimum Gasteiger partial charge on any atom is -0.396 e. The van der Waals surface area contributed by atoms with Crippen LogP contribution in [0.3, 0.4) is 0 Å². The van der Waals surface area contributed by atoms with E-state index in [0.29, 0.717) is 0 Å². The summed E-state index contributed by atoms with van der Waals surface area (Å²) in [7, 11) is -2.23. The summed E-state index contributed by atoms with van der Waals surface area (Å²) in [5, 5.41) is 0.219. The third kappa shape index (κ3) is 3.47. The number of nitrogens with two attached hydrogens (primary N) is 1. The van der Waals surface area contributed by atoms with Crippen molar-refractivity contribution >= 4 is 38.9 Å². The first kappa shape index (κ1) is 16.0. The van der Waals surface area contributed by atoms with Gasteiger partial charge in [0, 0.05) is 26.0 Å². The Bertz CT molecular complexity index is 728. The molecule has 2 rings (SSSR count). The molecular weight excluding hydrogens is 333 g/mol. The van der Waals surface area contributed by atoms with E-state index in [-0.39, 0.29) is 27.2 Å². The molecular formula is C13H13Cl2N3O2S. The normalized spacial score (nSPS) is 11.8. The van der Waals surface area contributed by atoms with E-state index in [2.05, 4.69) is 4.98 Å². The SMILES string of the molecule is CN(Cc1ccncc1)S(=O)(=O)c1cc(Cl)c(N)c(Cl)c1. The maximum absolute atomic E-state index is 12.5. The van der Waals surface area contributed by atoms with Crippen LogP contribution in [0, 0.1) is 0 Å². The van der Waals surface area contributed by atoms with Crippen LogP contribution in [0.25, 0.3) is 0 Å². The van der Waals surface area contributed by atoms with Gasteiger partial charge in [-0.3, -0.25) is 4.98 Å². The van der Waals surface area contributed by atoms with Crippen LogP contribution in [0.4, 0.5) is 5.69 Å². The zero-order valence-corrected chi connectivity index (χ0v) is 13.5. The van der Waals surface area contributed by atoms with E-state index in [4.69, 9.17) is 28.9 Å². The van der Waals surface area contributed by atoms with Gasteiger partial charge >= 0.3 is 0 Å². The molecule has 1 aromatic heterocycles. The first-order chi connectivity index (χ1) is 9.82. The van der Waals surface area contributed by atoms with E-state index < -0.39 is 10.0 Å². The van der Waals surface area contributed by atoms with Gasteiger partial charge in [-0.2, -0.15) is 4.31 Å². The summed E-state index contributed by atoms with van der Waals surface area (Å²) >= 11 is 11.8. The largest absolute Gasteiger partial charge is 0.396 e. The second-order valence-corrected chi connectivity index (χ2v) is 7.28. The molecule has 0 atom stereocenters. The molecule has 0 aliphatic heterocycles. The number of halogens is 2. The highest BCUT2D eigenvalue weighted by atomic mass is 35.5. The maximum atomic E-state index is 12.5. The lowest BCUT2D eigenvalue weighted by Gasteiger charge is -2.18. The molecule has 21 heavy (non-hydrogen) atoms. The monoisotopic (exact) mass is 345 g/mol. The van der Waals surface area contributed by atoms with Gasteiger partial charge in [0.15, 0.2) is 0 Å².